The van der Waals surface area contributed by atoms with Gasteiger partial charge in [0.05, 0.1) is 0 Å². The van der Waals surface area contributed by atoms with Gasteiger partial charge < -0.3 is 20.5 Å². The highest BCUT2D eigenvalue weighted by atomic mass is 127. The summed E-state index contributed by atoms with van der Waals surface area (Å²) in [5, 5.41) is 7.71. The molecule has 0 bridgehead atoms. The number of nitrogens with zero attached hydrogens (tertiary/aromatic N) is 2. The number of aromatic amines is 1. The number of piperidine rings is 1. The average Bonchev–Trinajstić information content (AvgIpc) is 3.24. The first kappa shape index (κ1) is 21.0. The van der Waals surface area contributed by atoms with Crippen LogP contribution in [-0.4, -0.2) is 54.5 Å². The number of fused-ring (bicyclic) bond motifs is 1. The lowest BCUT2D eigenvalue weighted by Crippen LogP contribution is -2.51. The fraction of sp³-hybridized carbons (Fsp3) is 0.524. The summed E-state index contributed by atoms with van der Waals surface area (Å²) in [5.74, 6) is 1.17. The Morgan fingerprint density at radius 1 is 1.36 bits per heavy atom. The summed E-state index contributed by atoms with van der Waals surface area (Å²) < 4.78 is 0. The Kier molecular flexibility index (Phi) is 6.85. The molecular weight excluding hydrogens is 465 g/mol. The minimum atomic E-state index is 0. The van der Waals surface area contributed by atoms with Crippen LogP contribution in [0, 0.1) is 5.41 Å². The van der Waals surface area contributed by atoms with Crippen molar-refractivity contribution in [1.29, 1.82) is 0 Å². The van der Waals surface area contributed by atoms with E-state index in [4.69, 9.17) is 4.99 Å². The van der Waals surface area contributed by atoms with Crippen molar-refractivity contribution in [1.82, 2.24) is 20.5 Å². The van der Waals surface area contributed by atoms with Gasteiger partial charge in [-0.25, -0.2) is 0 Å². The first-order valence-electron chi connectivity index (χ1n) is 10.0. The summed E-state index contributed by atoms with van der Waals surface area (Å²) in [4.78, 5) is 22.4. The Morgan fingerprint density at radius 2 is 2.21 bits per heavy atom. The molecule has 2 aliphatic heterocycles. The normalized spacial score (nSPS) is 22.4. The minimum absolute atomic E-state index is 0. The first-order chi connectivity index (χ1) is 13.2. The van der Waals surface area contributed by atoms with Crippen LogP contribution in [0.5, 0.6) is 0 Å². The summed E-state index contributed by atoms with van der Waals surface area (Å²) in [6.07, 6.45) is 3.78. The maximum Gasteiger partial charge on any atom is 0.220 e. The number of hydrogen-bond acceptors (Lipinski definition) is 2. The highest BCUT2D eigenvalue weighted by molar-refractivity contribution is 14.0. The van der Waals surface area contributed by atoms with Crippen molar-refractivity contribution in [2.24, 2.45) is 10.4 Å². The first-order valence-corrected chi connectivity index (χ1v) is 10.0. The topological polar surface area (TPSA) is 72.5 Å². The fourth-order valence-electron chi connectivity index (χ4n) is 4.41. The molecule has 1 atom stereocenters. The number of likely N-dealkylation sites (tertiary alicyclic amines) is 1. The predicted molar refractivity (Wildman–Crippen MR) is 124 cm³/mol. The number of para-hydroxylation sites is 1. The molecule has 3 heterocycles. The van der Waals surface area contributed by atoms with Crippen LogP contribution < -0.4 is 10.6 Å². The molecule has 2 saturated heterocycles. The molecule has 7 heteroatoms. The maximum atomic E-state index is 11.7. The van der Waals surface area contributed by atoms with E-state index < -0.39 is 0 Å². The lowest BCUT2D eigenvalue weighted by molar-refractivity contribution is -0.119. The van der Waals surface area contributed by atoms with Crippen LogP contribution in [0.25, 0.3) is 10.9 Å². The summed E-state index contributed by atoms with van der Waals surface area (Å²) in [7, 11) is 0. The molecule has 2 fully saturated rings. The third-order valence-corrected chi connectivity index (χ3v) is 5.72. The van der Waals surface area contributed by atoms with Gasteiger partial charge in [-0.2, -0.15) is 0 Å². The summed E-state index contributed by atoms with van der Waals surface area (Å²) in [6, 6.07) is 10.6. The highest BCUT2D eigenvalue weighted by Gasteiger charge is 2.42. The van der Waals surface area contributed by atoms with E-state index in [2.05, 4.69) is 57.8 Å². The molecule has 3 N–H and O–H groups in total. The molecule has 4 rings (SSSR count). The van der Waals surface area contributed by atoms with Crippen molar-refractivity contribution in [2.45, 2.75) is 32.6 Å². The van der Waals surface area contributed by atoms with Crippen LogP contribution in [0.4, 0.5) is 0 Å². The molecule has 1 amide bonds. The van der Waals surface area contributed by atoms with Gasteiger partial charge in [0, 0.05) is 62.2 Å². The Labute approximate surface area is 183 Å². The molecule has 0 saturated carbocycles. The second kappa shape index (κ2) is 9.15. The Hall–Kier alpha value is -1.77. The SMILES string of the molecule is CCNC(=NCCc1cc2ccccc2[nH]1)N1CCCC2(CNC(=O)C2)C1.I. The van der Waals surface area contributed by atoms with E-state index in [9.17, 15) is 4.79 Å². The molecule has 6 nitrogen and oxygen atoms in total. The Bertz CT molecular complexity index is 815. The van der Waals surface area contributed by atoms with E-state index in [1.807, 2.05) is 0 Å². The van der Waals surface area contributed by atoms with E-state index in [-0.39, 0.29) is 35.3 Å². The van der Waals surface area contributed by atoms with Crippen molar-refractivity contribution < 1.29 is 4.79 Å². The number of carbonyl (C=O) groups is 1. The standard InChI is InChI=1S/C21H29N5O.HI/c1-2-22-20(26-11-5-9-21(15-26)13-19(27)24-14-21)23-10-8-17-12-16-6-3-4-7-18(16)25-17;/h3-4,6-7,12,25H,2,5,8-11,13-15H2,1H3,(H,22,23)(H,24,27);1H. The molecule has 152 valence electrons. The van der Waals surface area contributed by atoms with E-state index >= 15 is 0 Å². The molecule has 0 aliphatic carbocycles. The molecular formula is C21H30IN5O. The van der Waals surface area contributed by atoms with Crippen LogP contribution in [0.15, 0.2) is 35.3 Å². The van der Waals surface area contributed by atoms with E-state index in [1.165, 1.54) is 16.6 Å². The second-order valence-electron chi connectivity index (χ2n) is 7.85. The largest absolute Gasteiger partial charge is 0.358 e. The lowest BCUT2D eigenvalue weighted by Gasteiger charge is -2.40. The zero-order valence-corrected chi connectivity index (χ0v) is 18.8. The van der Waals surface area contributed by atoms with Crippen LogP contribution in [0.1, 0.15) is 31.9 Å². The number of guanidine groups is 1. The van der Waals surface area contributed by atoms with Gasteiger partial charge in [-0.15, -0.1) is 24.0 Å². The number of H-pyrrole nitrogens is 1. The van der Waals surface area contributed by atoms with Crippen molar-refractivity contribution in [3.8, 4) is 0 Å². The molecule has 2 aromatic rings. The molecule has 1 aromatic heterocycles. The molecule has 1 unspecified atom stereocenters. The molecule has 1 spiro atoms. The second-order valence-corrected chi connectivity index (χ2v) is 7.85. The minimum Gasteiger partial charge on any atom is -0.358 e. The van der Waals surface area contributed by atoms with Gasteiger partial charge >= 0.3 is 0 Å². The van der Waals surface area contributed by atoms with Gasteiger partial charge in [-0.05, 0) is 37.3 Å². The van der Waals surface area contributed by atoms with E-state index in [1.54, 1.807) is 0 Å². The summed E-state index contributed by atoms with van der Waals surface area (Å²) >= 11 is 0. The number of rotatable bonds is 4. The van der Waals surface area contributed by atoms with Crippen LogP contribution in [0.2, 0.25) is 0 Å². The van der Waals surface area contributed by atoms with E-state index in [0.29, 0.717) is 6.42 Å². The maximum absolute atomic E-state index is 11.7. The van der Waals surface area contributed by atoms with Gasteiger partial charge in [-0.3, -0.25) is 9.79 Å². The van der Waals surface area contributed by atoms with Gasteiger partial charge in [0.1, 0.15) is 0 Å². The number of hydrogen-bond donors (Lipinski definition) is 3. The number of aliphatic imine (C=N–C) groups is 1. The van der Waals surface area contributed by atoms with Gasteiger partial charge in [0.25, 0.3) is 0 Å². The van der Waals surface area contributed by atoms with Crippen LogP contribution in [0.3, 0.4) is 0 Å². The van der Waals surface area contributed by atoms with Crippen molar-refractivity contribution in [3.63, 3.8) is 0 Å². The number of benzene rings is 1. The zero-order chi connectivity index (χ0) is 18.7. The Morgan fingerprint density at radius 3 is 2.96 bits per heavy atom. The van der Waals surface area contributed by atoms with Crippen molar-refractivity contribution in [3.05, 3.63) is 36.0 Å². The molecule has 2 aliphatic rings. The van der Waals surface area contributed by atoms with Crippen LogP contribution >= 0.6 is 24.0 Å². The van der Waals surface area contributed by atoms with Gasteiger partial charge in [0.15, 0.2) is 5.96 Å². The molecule has 0 radical (unpaired) electrons. The number of carbonyl (C=O) groups excluding carboxylic acids is 1. The van der Waals surface area contributed by atoms with Crippen molar-refractivity contribution in [2.75, 3.05) is 32.7 Å². The monoisotopic (exact) mass is 495 g/mol. The smallest absolute Gasteiger partial charge is 0.220 e. The third-order valence-electron chi connectivity index (χ3n) is 5.72. The number of aromatic nitrogens is 1. The summed E-state index contributed by atoms with van der Waals surface area (Å²) in [5.41, 5.74) is 2.49. The summed E-state index contributed by atoms with van der Waals surface area (Å²) in [6.45, 7) is 6.42. The number of halogens is 1. The number of nitrogens with one attached hydrogen (secondary N) is 3. The van der Waals surface area contributed by atoms with Gasteiger partial charge in [-0.1, -0.05) is 18.2 Å². The highest BCUT2D eigenvalue weighted by Crippen LogP contribution is 2.36. The zero-order valence-electron chi connectivity index (χ0n) is 16.5. The van der Waals surface area contributed by atoms with E-state index in [0.717, 1.165) is 57.9 Å². The predicted octanol–water partition coefficient (Wildman–Crippen LogP) is 2.90. The number of amides is 1. The lowest BCUT2D eigenvalue weighted by atomic mass is 9.79. The van der Waals surface area contributed by atoms with Gasteiger partial charge in [0.2, 0.25) is 5.91 Å². The van der Waals surface area contributed by atoms with Crippen molar-refractivity contribution >= 4 is 46.7 Å². The average molecular weight is 495 g/mol. The van der Waals surface area contributed by atoms with Crippen LogP contribution in [-0.2, 0) is 11.2 Å². The Balaban J connectivity index is 0.00000225. The molecule has 28 heavy (non-hydrogen) atoms. The quantitative estimate of drug-likeness (QED) is 0.347. The molecule has 1 aromatic carbocycles. The fourth-order valence-corrected chi connectivity index (χ4v) is 4.41. The third kappa shape index (κ3) is 4.61.